The number of hydrogen-bond donors (Lipinski definition) is 1. The normalized spacial score (nSPS) is 9.75. The zero-order valence-corrected chi connectivity index (χ0v) is 10.7. The molecule has 0 unspecified atom stereocenters. The van der Waals surface area contributed by atoms with Crippen LogP contribution in [0.2, 0.25) is 0 Å². The Labute approximate surface area is 114 Å². The fraction of sp³-hybridized carbons (Fsp3) is 0.400. The number of nitrogens with one attached hydrogen (secondary N) is 1. The van der Waals surface area contributed by atoms with Crippen molar-refractivity contribution in [3.05, 3.63) is 12.7 Å². The first-order chi connectivity index (χ1) is 4.95. The van der Waals surface area contributed by atoms with Gasteiger partial charge in [0.1, 0.15) is 0 Å². The monoisotopic (exact) mass is 217 g/mol. The Morgan fingerprint density at radius 2 is 2.08 bits per heavy atom. The van der Waals surface area contributed by atoms with Gasteiger partial charge in [0.2, 0.25) is 5.91 Å². The van der Waals surface area contributed by atoms with E-state index >= 15 is 0 Å². The molecule has 0 saturated carbocycles. The van der Waals surface area contributed by atoms with Crippen molar-refractivity contribution in [3.8, 4) is 0 Å². The fourth-order valence-electron chi connectivity index (χ4n) is 0.371. The molecule has 0 rings (SSSR count). The van der Waals surface area contributed by atoms with Gasteiger partial charge in [0, 0.05) is 6.54 Å². The molecule has 0 aromatic carbocycles. The average molecular weight is 217 g/mol. The van der Waals surface area contributed by atoms with Crippen molar-refractivity contribution in [1.29, 1.82) is 0 Å². The molecular formula is C5H8KNO4S. The minimum absolute atomic E-state index is 0. The van der Waals surface area contributed by atoms with Gasteiger partial charge < -0.3 is 9.87 Å². The van der Waals surface area contributed by atoms with E-state index in [1.807, 2.05) is 0 Å². The smallest absolute Gasteiger partial charge is 0.748 e. The fourth-order valence-corrected chi connectivity index (χ4v) is 0.723. The summed E-state index contributed by atoms with van der Waals surface area (Å²) in [5, 5.41) is 2.15. The molecule has 0 aromatic rings. The number of carbonyl (C=O) groups is 1. The van der Waals surface area contributed by atoms with Crippen LogP contribution in [-0.2, 0) is 14.9 Å². The van der Waals surface area contributed by atoms with Gasteiger partial charge in [-0.25, -0.2) is 8.42 Å². The van der Waals surface area contributed by atoms with Crippen molar-refractivity contribution in [2.75, 3.05) is 12.3 Å². The first kappa shape index (κ1) is 15.2. The second-order valence-electron chi connectivity index (χ2n) is 1.76. The van der Waals surface area contributed by atoms with E-state index in [4.69, 9.17) is 0 Å². The number of carbonyl (C=O) groups excluding carboxylic acids is 1. The van der Waals surface area contributed by atoms with Crippen LogP contribution in [0.5, 0.6) is 0 Å². The van der Waals surface area contributed by atoms with Crippen molar-refractivity contribution in [2.45, 2.75) is 0 Å². The topological polar surface area (TPSA) is 86.3 Å². The summed E-state index contributed by atoms with van der Waals surface area (Å²) < 4.78 is 29.9. The summed E-state index contributed by atoms with van der Waals surface area (Å²) in [4.78, 5) is 10.4. The van der Waals surface area contributed by atoms with E-state index in [0.717, 1.165) is 6.08 Å². The van der Waals surface area contributed by atoms with Gasteiger partial charge in [-0.2, -0.15) is 0 Å². The molecule has 0 bridgehead atoms. The molecule has 0 heterocycles. The van der Waals surface area contributed by atoms with Crippen LogP contribution < -0.4 is 56.7 Å². The summed E-state index contributed by atoms with van der Waals surface area (Å²) in [6.45, 7) is 2.97. The second-order valence-corrected chi connectivity index (χ2v) is 3.28. The first-order valence-corrected chi connectivity index (χ1v) is 4.37. The zero-order valence-electron chi connectivity index (χ0n) is 6.74. The van der Waals surface area contributed by atoms with Crippen LogP contribution in [-0.4, -0.2) is 31.2 Å². The molecular weight excluding hydrogens is 209 g/mol. The minimum Gasteiger partial charge on any atom is -0.748 e. The largest absolute Gasteiger partial charge is 1.00 e. The third-order valence-corrected chi connectivity index (χ3v) is 1.54. The quantitative estimate of drug-likeness (QED) is 0.294. The molecule has 64 valence electrons. The molecule has 0 aliphatic heterocycles. The molecule has 0 radical (unpaired) electrons. The summed E-state index contributed by atoms with van der Waals surface area (Å²) in [5.41, 5.74) is 0. The summed E-state index contributed by atoms with van der Waals surface area (Å²) in [7, 11) is -4.23. The molecule has 0 atom stereocenters. The molecule has 0 fully saturated rings. The Kier molecular flexibility index (Phi) is 9.13. The summed E-state index contributed by atoms with van der Waals surface area (Å²) in [6.07, 6.45) is 0.997. The third-order valence-electron chi connectivity index (χ3n) is 0.837. The summed E-state index contributed by atoms with van der Waals surface area (Å²) in [5.74, 6) is -1.08. The van der Waals surface area contributed by atoms with E-state index < -0.39 is 21.8 Å². The zero-order chi connectivity index (χ0) is 8.91. The van der Waals surface area contributed by atoms with E-state index in [0.29, 0.717) is 0 Å². The Morgan fingerprint density at radius 1 is 1.58 bits per heavy atom. The van der Waals surface area contributed by atoms with Gasteiger partial charge in [-0.1, -0.05) is 6.58 Å². The van der Waals surface area contributed by atoms with Gasteiger partial charge in [-0.3, -0.25) is 4.79 Å². The predicted molar refractivity (Wildman–Crippen MR) is 37.8 cm³/mol. The van der Waals surface area contributed by atoms with Crippen LogP contribution in [0.1, 0.15) is 0 Å². The van der Waals surface area contributed by atoms with Crippen LogP contribution in [0.4, 0.5) is 0 Å². The van der Waals surface area contributed by atoms with Crippen LogP contribution >= 0.6 is 0 Å². The average Bonchev–Trinajstić information content (AvgIpc) is 1.85. The Hall–Kier alpha value is 0.756. The molecule has 1 N–H and O–H groups in total. The number of hydrogen-bond acceptors (Lipinski definition) is 4. The van der Waals surface area contributed by atoms with Gasteiger partial charge in [-0.05, 0) is 6.08 Å². The van der Waals surface area contributed by atoms with Crippen molar-refractivity contribution in [3.63, 3.8) is 0 Å². The van der Waals surface area contributed by atoms with E-state index in [1.165, 1.54) is 0 Å². The van der Waals surface area contributed by atoms with Crippen molar-refractivity contribution in [1.82, 2.24) is 5.32 Å². The van der Waals surface area contributed by atoms with E-state index in [9.17, 15) is 17.8 Å². The van der Waals surface area contributed by atoms with Crippen molar-refractivity contribution >= 4 is 16.0 Å². The van der Waals surface area contributed by atoms with Crippen molar-refractivity contribution < 1.29 is 69.1 Å². The first-order valence-electron chi connectivity index (χ1n) is 2.79. The van der Waals surface area contributed by atoms with E-state index in [2.05, 4.69) is 11.9 Å². The van der Waals surface area contributed by atoms with Crippen LogP contribution in [0.15, 0.2) is 12.7 Å². The Balaban J connectivity index is 0. The second kappa shape index (κ2) is 7.19. The Bertz CT molecular complexity index is 248. The third kappa shape index (κ3) is 10.8. The molecule has 0 saturated heterocycles. The standard InChI is InChI=1S/C5H9NO4S.K/c1-2-5(7)6-3-4-11(8,9)10;/h2H,1,3-4H2,(H,6,7)(H,8,9,10);/q;+1/p-1. The van der Waals surface area contributed by atoms with Gasteiger partial charge >= 0.3 is 51.4 Å². The molecule has 1 amide bonds. The molecule has 12 heavy (non-hydrogen) atoms. The SMILES string of the molecule is C=CC(=O)NCCS(=O)(=O)[O-].[K+]. The maximum atomic E-state index is 10.4. The number of amides is 1. The van der Waals surface area contributed by atoms with Gasteiger partial charge in [0.25, 0.3) is 0 Å². The van der Waals surface area contributed by atoms with E-state index in [1.54, 1.807) is 0 Å². The molecule has 7 heteroatoms. The van der Waals surface area contributed by atoms with Gasteiger partial charge in [0.05, 0.1) is 15.9 Å². The molecule has 5 nitrogen and oxygen atoms in total. The van der Waals surface area contributed by atoms with Crippen LogP contribution in [0.25, 0.3) is 0 Å². The van der Waals surface area contributed by atoms with Crippen LogP contribution in [0.3, 0.4) is 0 Å². The molecule has 0 spiro atoms. The molecule has 0 aliphatic carbocycles. The van der Waals surface area contributed by atoms with Crippen molar-refractivity contribution in [2.24, 2.45) is 0 Å². The molecule has 0 aliphatic rings. The summed E-state index contributed by atoms with van der Waals surface area (Å²) in [6, 6.07) is 0. The Morgan fingerprint density at radius 3 is 2.42 bits per heavy atom. The minimum atomic E-state index is -4.23. The molecule has 0 aromatic heterocycles. The van der Waals surface area contributed by atoms with Gasteiger partial charge in [-0.15, -0.1) is 0 Å². The van der Waals surface area contributed by atoms with E-state index in [-0.39, 0.29) is 57.9 Å². The maximum absolute atomic E-state index is 10.4. The maximum Gasteiger partial charge on any atom is 1.00 e. The summed E-state index contributed by atoms with van der Waals surface area (Å²) >= 11 is 0. The van der Waals surface area contributed by atoms with Gasteiger partial charge in [0.15, 0.2) is 0 Å². The number of rotatable bonds is 4. The van der Waals surface area contributed by atoms with Crippen LogP contribution in [0, 0.1) is 0 Å². The predicted octanol–water partition coefficient (Wildman–Crippen LogP) is -4.16.